The maximum Gasteiger partial charge on any atom is 0.206 e. The van der Waals surface area contributed by atoms with Crippen LogP contribution >= 0.6 is 0 Å². The predicted molar refractivity (Wildman–Crippen MR) is 53.5 cm³/mol. The number of hydrogen-bond acceptors (Lipinski definition) is 1. The third-order valence-electron chi connectivity index (χ3n) is 3.25. The molecule has 1 fully saturated rings. The molecule has 2 heterocycles. The lowest BCUT2D eigenvalue weighted by atomic mass is 10.0. The van der Waals surface area contributed by atoms with Gasteiger partial charge in [0.2, 0.25) is 6.20 Å². The Bertz CT molecular complexity index is 306. The highest BCUT2D eigenvalue weighted by atomic mass is 15.5. The summed E-state index contributed by atoms with van der Waals surface area (Å²) in [7, 11) is 6.67. The molecule has 0 spiro atoms. The lowest BCUT2D eigenvalue weighted by Crippen LogP contribution is -2.50. The fraction of sp³-hybridized carbons (Fsp3) is 0.800. The molecule has 4 heteroatoms. The van der Waals surface area contributed by atoms with Gasteiger partial charge in [0.1, 0.15) is 13.1 Å². The van der Waals surface area contributed by atoms with Gasteiger partial charge in [0, 0.05) is 17.9 Å². The van der Waals surface area contributed by atoms with Crippen molar-refractivity contribution in [3.63, 3.8) is 0 Å². The molecule has 0 saturated carbocycles. The first kappa shape index (κ1) is 9.65. The molecular formula is C10H20N4+2. The number of piperidine rings is 1. The number of quaternary nitrogens is 1. The smallest absolute Gasteiger partial charge is 0.206 e. The van der Waals surface area contributed by atoms with Gasteiger partial charge in [0.25, 0.3) is 0 Å². The molecule has 0 N–H and O–H groups in total. The highest BCUT2D eigenvalue weighted by molar-refractivity contribution is 4.65. The SMILES string of the molecule is C[n+]1ccnn1C1CC[N+](C)(C)CC1. The average molecular weight is 196 g/mol. The lowest BCUT2D eigenvalue weighted by molar-refractivity contribution is -0.897. The van der Waals surface area contributed by atoms with Gasteiger partial charge < -0.3 is 4.48 Å². The molecule has 0 aliphatic carbocycles. The van der Waals surface area contributed by atoms with Crippen LogP contribution in [0.5, 0.6) is 0 Å². The molecule has 1 aliphatic rings. The van der Waals surface area contributed by atoms with Gasteiger partial charge in [-0.1, -0.05) is 0 Å². The molecule has 1 aromatic rings. The molecule has 0 radical (unpaired) electrons. The van der Waals surface area contributed by atoms with Crippen LogP contribution in [0.4, 0.5) is 0 Å². The third kappa shape index (κ3) is 1.80. The lowest BCUT2D eigenvalue weighted by Gasteiger charge is -2.35. The highest BCUT2D eigenvalue weighted by Gasteiger charge is 2.30. The third-order valence-corrected chi connectivity index (χ3v) is 3.25. The van der Waals surface area contributed by atoms with Gasteiger partial charge in [-0.2, -0.15) is 4.68 Å². The first-order valence-electron chi connectivity index (χ1n) is 5.30. The molecule has 0 bridgehead atoms. The zero-order chi connectivity index (χ0) is 10.2. The van der Waals surface area contributed by atoms with E-state index in [1.807, 2.05) is 12.4 Å². The van der Waals surface area contributed by atoms with Crippen molar-refractivity contribution < 1.29 is 9.16 Å². The van der Waals surface area contributed by atoms with E-state index in [-0.39, 0.29) is 0 Å². The zero-order valence-corrected chi connectivity index (χ0v) is 9.35. The van der Waals surface area contributed by atoms with Crippen LogP contribution in [-0.4, -0.2) is 41.6 Å². The molecular weight excluding hydrogens is 176 g/mol. The summed E-state index contributed by atoms with van der Waals surface area (Å²) in [6.07, 6.45) is 6.36. The summed E-state index contributed by atoms with van der Waals surface area (Å²) in [5.74, 6) is 0. The Morgan fingerprint density at radius 1 is 1.36 bits per heavy atom. The molecule has 0 amide bonds. The summed E-state index contributed by atoms with van der Waals surface area (Å²) in [4.78, 5) is 2.11. The molecule has 1 saturated heterocycles. The summed E-state index contributed by atoms with van der Waals surface area (Å²) in [5.41, 5.74) is 0. The van der Waals surface area contributed by atoms with Gasteiger partial charge in [-0.25, -0.2) is 0 Å². The minimum Gasteiger partial charge on any atom is -0.328 e. The Labute approximate surface area is 85.3 Å². The number of rotatable bonds is 1. The van der Waals surface area contributed by atoms with Crippen LogP contribution in [0, 0.1) is 0 Å². The molecule has 2 rings (SSSR count). The molecule has 0 aromatic carbocycles. The number of likely N-dealkylation sites (tertiary alicyclic amines) is 1. The fourth-order valence-corrected chi connectivity index (χ4v) is 2.18. The van der Waals surface area contributed by atoms with Crippen molar-refractivity contribution in [2.45, 2.75) is 18.9 Å². The molecule has 78 valence electrons. The summed E-state index contributed by atoms with van der Waals surface area (Å²) >= 11 is 0. The fourth-order valence-electron chi connectivity index (χ4n) is 2.18. The van der Waals surface area contributed by atoms with E-state index in [9.17, 15) is 0 Å². The van der Waals surface area contributed by atoms with Crippen LogP contribution in [0.25, 0.3) is 0 Å². The minimum atomic E-state index is 0.598. The summed E-state index contributed by atoms with van der Waals surface area (Å²) in [6, 6.07) is 0.598. The van der Waals surface area contributed by atoms with E-state index in [4.69, 9.17) is 0 Å². The van der Waals surface area contributed by atoms with Crippen molar-refractivity contribution >= 4 is 0 Å². The first-order chi connectivity index (χ1) is 6.58. The van der Waals surface area contributed by atoms with E-state index < -0.39 is 0 Å². The van der Waals surface area contributed by atoms with Crippen LogP contribution < -0.4 is 4.68 Å². The van der Waals surface area contributed by atoms with Crippen molar-refractivity contribution in [2.24, 2.45) is 7.05 Å². The molecule has 0 atom stereocenters. The normalized spacial score (nSPS) is 22.5. The van der Waals surface area contributed by atoms with Crippen LogP contribution in [0.1, 0.15) is 18.9 Å². The number of aryl methyl sites for hydroxylation is 1. The van der Waals surface area contributed by atoms with Gasteiger partial charge in [0.05, 0.1) is 27.2 Å². The number of aromatic nitrogens is 3. The zero-order valence-electron chi connectivity index (χ0n) is 9.35. The van der Waals surface area contributed by atoms with Gasteiger partial charge >= 0.3 is 0 Å². The second-order valence-electron chi connectivity index (χ2n) is 4.92. The van der Waals surface area contributed by atoms with Crippen LogP contribution in [0.2, 0.25) is 0 Å². The van der Waals surface area contributed by atoms with Crippen LogP contribution in [0.3, 0.4) is 0 Å². The molecule has 4 nitrogen and oxygen atoms in total. The second-order valence-corrected chi connectivity index (χ2v) is 4.92. The maximum atomic E-state index is 4.36. The maximum absolute atomic E-state index is 4.36. The molecule has 0 unspecified atom stereocenters. The summed E-state index contributed by atoms with van der Waals surface area (Å²) < 4.78 is 3.23. The Kier molecular flexibility index (Phi) is 2.31. The Hall–Kier alpha value is -0.900. The molecule has 1 aliphatic heterocycles. The van der Waals surface area contributed by atoms with E-state index >= 15 is 0 Å². The van der Waals surface area contributed by atoms with Gasteiger partial charge in [0.15, 0.2) is 6.20 Å². The van der Waals surface area contributed by atoms with Crippen molar-refractivity contribution in [1.29, 1.82) is 0 Å². The molecule has 1 aromatic heterocycles. The highest BCUT2D eigenvalue weighted by Crippen LogP contribution is 2.22. The predicted octanol–water partition coefficient (Wildman–Crippen LogP) is 0.119. The number of nitrogens with zero attached hydrogens (tertiary/aromatic N) is 4. The monoisotopic (exact) mass is 196 g/mol. The van der Waals surface area contributed by atoms with Gasteiger partial charge in [-0.15, -0.1) is 0 Å². The number of hydrogen-bond donors (Lipinski definition) is 0. The topological polar surface area (TPSA) is 21.7 Å². The Morgan fingerprint density at radius 2 is 2.00 bits per heavy atom. The van der Waals surface area contributed by atoms with Crippen molar-refractivity contribution in [3.05, 3.63) is 12.4 Å². The standard InChI is InChI=1S/C10H20N4/c1-12-7-6-11-13(12)10-4-8-14(2,3)9-5-10/h6-7,10H,4-5,8-9H2,1-3H3/q+2. The van der Waals surface area contributed by atoms with E-state index in [0.29, 0.717) is 6.04 Å². The van der Waals surface area contributed by atoms with E-state index in [0.717, 1.165) is 4.48 Å². The van der Waals surface area contributed by atoms with E-state index in [1.165, 1.54) is 25.9 Å². The van der Waals surface area contributed by atoms with Crippen molar-refractivity contribution in [2.75, 3.05) is 27.2 Å². The van der Waals surface area contributed by atoms with Crippen molar-refractivity contribution in [3.8, 4) is 0 Å². The van der Waals surface area contributed by atoms with Crippen LogP contribution in [-0.2, 0) is 7.05 Å². The van der Waals surface area contributed by atoms with Gasteiger partial charge in [-0.05, 0) is 4.80 Å². The van der Waals surface area contributed by atoms with Gasteiger partial charge in [-0.3, -0.25) is 0 Å². The molecule has 14 heavy (non-hydrogen) atoms. The first-order valence-corrected chi connectivity index (χ1v) is 5.30. The van der Waals surface area contributed by atoms with Crippen LogP contribution in [0.15, 0.2) is 12.4 Å². The van der Waals surface area contributed by atoms with E-state index in [1.54, 1.807) is 0 Å². The average Bonchev–Trinajstić information content (AvgIpc) is 2.52. The van der Waals surface area contributed by atoms with E-state index in [2.05, 4.69) is 35.7 Å². The second kappa shape index (κ2) is 3.35. The Morgan fingerprint density at radius 3 is 2.50 bits per heavy atom. The minimum absolute atomic E-state index is 0.598. The van der Waals surface area contributed by atoms with Crippen molar-refractivity contribution in [1.82, 2.24) is 9.90 Å². The summed E-state index contributed by atoms with van der Waals surface area (Å²) in [5, 5.41) is 4.36. The Balaban J connectivity index is 2.06. The summed E-state index contributed by atoms with van der Waals surface area (Å²) in [6.45, 7) is 2.51. The largest absolute Gasteiger partial charge is 0.328 e. The quantitative estimate of drug-likeness (QED) is 0.462.